The lowest BCUT2D eigenvalue weighted by Gasteiger charge is -2.36. The van der Waals surface area contributed by atoms with Gasteiger partial charge in [0.1, 0.15) is 12.1 Å². The minimum Gasteiger partial charge on any atom is -0.467 e. The second-order valence-electron chi connectivity index (χ2n) is 4.50. The molecule has 0 spiro atoms. The summed E-state index contributed by atoms with van der Waals surface area (Å²) in [5, 5.41) is 9.72. The van der Waals surface area contributed by atoms with E-state index in [0.717, 1.165) is 31.5 Å². The highest BCUT2D eigenvalue weighted by atomic mass is 35.5. The van der Waals surface area contributed by atoms with E-state index in [9.17, 15) is 10.1 Å². The van der Waals surface area contributed by atoms with Gasteiger partial charge in [-0.05, 0) is 37.5 Å². The third-order valence-corrected chi connectivity index (χ3v) is 3.60. The lowest BCUT2D eigenvalue weighted by Crippen LogP contribution is -2.45. The van der Waals surface area contributed by atoms with Crippen LogP contribution in [0.3, 0.4) is 0 Å². The molecule has 1 aromatic carbocycles. The van der Waals surface area contributed by atoms with Crippen molar-refractivity contribution in [3.8, 4) is 6.07 Å². The average molecular weight is 279 g/mol. The molecule has 4 nitrogen and oxygen atoms in total. The Balaban J connectivity index is 2.38. The van der Waals surface area contributed by atoms with E-state index >= 15 is 0 Å². The molecule has 0 aliphatic carbocycles. The Morgan fingerprint density at radius 2 is 2.32 bits per heavy atom. The number of hydrogen-bond acceptors (Lipinski definition) is 4. The van der Waals surface area contributed by atoms with Crippen molar-refractivity contribution < 1.29 is 9.53 Å². The van der Waals surface area contributed by atoms with Crippen LogP contribution in [0, 0.1) is 11.3 Å². The molecule has 100 valence electrons. The maximum absolute atomic E-state index is 11.8. The van der Waals surface area contributed by atoms with E-state index in [-0.39, 0.29) is 12.0 Å². The van der Waals surface area contributed by atoms with Gasteiger partial charge in [0.15, 0.2) is 0 Å². The van der Waals surface area contributed by atoms with E-state index in [2.05, 4.69) is 6.07 Å². The Kier molecular flexibility index (Phi) is 4.28. The third-order valence-electron chi connectivity index (χ3n) is 3.36. The van der Waals surface area contributed by atoms with Crippen molar-refractivity contribution in [2.75, 3.05) is 18.6 Å². The molecule has 1 atom stereocenters. The van der Waals surface area contributed by atoms with Gasteiger partial charge in [0.05, 0.1) is 18.4 Å². The van der Waals surface area contributed by atoms with E-state index in [0.29, 0.717) is 10.6 Å². The van der Waals surface area contributed by atoms with E-state index in [1.165, 1.54) is 7.11 Å². The highest BCUT2D eigenvalue weighted by molar-refractivity contribution is 6.30. The number of hydrogen-bond donors (Lipinski definition) is 0. The van der Waals surface area contributed by atoms with Gasteiger partial charge in [-0.25, -0.2) is 4.79 Å². The molecule has 0 radical (unpaired) electrons. The van der Waals surface area contributed by atoms with Crippen molar-refractivity contribution in [2.45, 2.75) is 25.3 Å². The fourth-order valence-electron chi connectivity index (χ4n) is 2.45. The average Bonchev–Trinajstić information content (AvgIpc) is 2.46. The Labute approximate surface area is 117 Å². The highest BCUT2D eigenvalue weighted by Gasteiger charge is 2.30. The van der Waals surface area contributed by atoms with Gasteiger partial charge in [0.25, 0.3) is 0 Å². The van der Waals surface area contributed by atoms with Gasteiger partial charge < -0.3 is 9.64 Å². The van der Waals surface area contributed by atoms with Gasteiger partial charge in [-0.2, -0.15) is 5.26 Å². The topological polar surface area (TPSA) is 53.3 Å². The van der Waals surface area contributed by atoms with Crippen LogP contribution in [0.2, 0.25) is 5.02 Å². The van der Waals surface area contributed by atoms with Crippen LogP contribution in [0.4, 0.5) is 5.69 Å². The number of ether oxygens (including phenoxy) is 1. The Bertz CT molecular complexity index is 525. The van der Waals surface area contributed by atoms with Crippen LogP contribution >= 0.6 is 11.6 Å². The van der Waals surface area contributed by atoms with Crippen LogP contribution in [0.5, 0.6) is 0 Å². The molecule has 1 heterocycles. The summed E-state index contributed by atoms with van der Waals surface area (Å²) >= 11 is 5.90. The lowest BCUT2D eigenvalue weighted by atomic mass is 10.00. The zero-order valence-corrected chi connectivity index (χ0v) is 11.5. The van der Waals surface area contributed by atoms with Gasteiger partial charge in [-0.3, -0.25) is 0 Å². The second-order valence-corrected chi connectivity index (χ2v) is 4.94. The van der Waals surface area contributed by atoms with Crippen molar-refractivity contribution in [3.05, 3.63) is 28.8 Å². The molecular weight excluding hydrogens is 264 g/mol. The molecule has 0 amide bonds. The van der Waals surface area contributed by atoms with Gasteiger partial charge in [-0.15, -0.1) is 0 Å². The predicted molar refractivity (Wildman–Crippen MR) is 73.2 cm³/mol. The molecule has 0 aromatic heterocycles. The van der Waals surface area contributed by atoms with Crippen molar-refractivity contribution in [1.82, 2.24) is 0 Å². The molecular formula is C14H15ClN2O2. The summed E-state index contributed by atoms with van der Waals surface area (Å²) in [4.78, 5) is 13.8. The minimum atomic E-state index is -0.313. The normalized spacial score (nSPS) is 18.8. The number of nitrogens with zero attached hydrogens (tertiary/aromatic N) is 2. The molecule has 0 saturated carbocycles. The fraction of sp³-hybridized carbons (Fsp3) is 0.429. The molecule has 1 fully saturated rings. The number of anilines is 1. The number of carbonyl (C=O) groups excluding carboxylic acids is 1. The van der Waals surface area contributed by atoms with Crippen LogP contribution in [0.25, 0.3) is 0 Å². The Hall–Kier alpha value is -1.73. The zero-order chi connectivity index (χ0) is 13.8. The van der Waals surface area contributed by atoms with Crippen molar-refractivity contribution in [3.63, 3.8) is 0 Å². The van der Waals surface area contributed by atoms with E-state index in [4.69, 9.17) is 16.3 Å². The van der Waals surface area contributed by atoms with E-state index in [1.54, 1.807) is 18.2 Å². The van der Waals surface area contributed by atoms with Crippen LogP contribution in [-0.2, 0) is 9.53 Å². The summed E-state index contributed by atoms with van der Waals surface area (Å²) in [7, 11) is 1.39. The molecule has 19 heavy (non-hydrogen) atoms. The van der Waals surface area contributed by atoms with Crippen LogP contribution in [-0.4, -0.2) is 25.7 Å². The van der Waals surface area contributed by atoms with Crippen molar-refractivity contribution in [1.29, 1.82) is 5.26 Å². The minimum absolute atomic E-state index is 0.251. The first-order chi connectivity index (χ1) is 9.17. The third kappa shape index (κ3) is 2.82. The fourth-order valence-corrected chi connectivity index (χ4v) is 2.62. The summed E-state index contributed by atoms with van der Waals surface area (Å²) in [5.74, 6) is -0.251. The predicted octanol–water partition coefficient (Wildman–Crippen LogP) is 2.74. The standard InChI is InChI=1S/C14H15ClN2O2/c1-19-14(18)13-4-2-3-7-17(13)12-6-5-11(15)8-10(12)9-16/h5-6,8,13H,2-4,7H2,1H3. The summed E-state index contributed by atoms with van der Waals surface area (Å²) in [5.41, 5.74) is 1.24. The number of esters is 1. The number of piperidine rings is 1. The smallest absolute Gasteiger partial charge is 0.328 e. The number of nitriles is 1. The van der Waals surface area contributed by atoms with Crippen molar-refractivity contribution >= 4 is 23.3 Å². The molecule has 1 aliphatic rings. The first kappa shape index (κ1) is 13.7. The summed E-state index contributed by atoms with van der Waals surface area (Å²) in [6.45, 7) is 0.746. The zero-order valence-electron chi connectivity index (χ0n) is 10.7. The Morgan fingerprint density at radius 1 is 1.53 bits per heavy atom. The van der Waals surface area contributed by atoms with E-state index < -0.39 is 0 Å². The second kappa shape index (κ2) is 5.94. The molecule has 1 aromatic rings. The SMILES string of the molecule is COC(=O)C1CCCCN1c1ccc(Cl)cc1C#N. The number of methoxy groups -OCH3 is 1. The van der Waals surface area contributed by atoms with Gasteiger partial charge >= 0.3 is 5.97 Å². The van der Waals surface area contributed by atoms with Gasteiger partial charge in [-0.1, -0.05) is 11.6 Å². The van der Waals surface area contributed by atoms with Gasteiger partial charge in [0, 0.05) is 11.6 Å². The highest BCUT2D eigenvalue weighted by Crippen LogP contribution is 2.30. The summed E-state index contributed by atoms with van der Waals surface area (Å²) in [6.07, 6.45) is 2.74. The maximum atomic E-state index is 11.8. The monoisotopic (exact) mass is 278 g/mol. The molecule has 1 aliphatic heterocycles. The molecule has 1 unspecified atom stereocenters. The Morgan fingerprint density at radius 3 is 3.00 bits per heavy atom. The number of carbonyl (C=O) groups is 1. The maximum Gasteiger partial charge on any atom is 0.328 e. The summed E-state index contributed by atoms with van der Waals surface area (Å²) < 4.78 is 4.85. The van der Waals surface area contributed by atoms with E-state index in [1.807, 2.05) is 4.90 Å². The molecule has 1 saturated heterocycles. The quantitative estimate of drug-likeness (QED) is 0.781. The van der Waals surface area contributed by atoms with Crippen LogP contribution in [0.1, 0.15) is 24.8 Å². The van der Waals surface area contributed by atoms with Crippen LogP contribution in [0.15, 0.2) is 18.2 Å². The molecule has 2 rings (SSSR count). The first-order valence-corrected chi connectivity index (χ1v) is 6.59. The van der Waals surface area contributed by atoms with Crippen LogP contribution < -0.4 is 4.90 Å². The molecule has 0 bridgehead atoms. The first-order valence-electron chi connectivity index (χ1n) is 6.21. The number of benzene rings is 1. The largest absolute Gasteiger partial charge is 0.467 e. The lowest BCUT2D eigenvalue weighted by molar-refractivity contribution is -0.142. The summed E-state index contributed by atoms with van der Waals surface area (Å²) in [6, 6.07) is 6.98. The number of halogens is 1. The number of rotatable bonds is 2. The molecule has 5 heteroatoms. The molecule has 0 N–H and O–H groups in total. The van der Waals surface area contributed by atoms with Gasteiger partial charge in [0.2, 0.25) is 0 Å². The van der Waals surface area contributed by atoms with Crippen molar-refractivity contribution in [2.24, 2.45) is 0 Å².